The van der Waals surface area contributed by atoms with Gasteiger partial charge in [-0.1, -0.05) is 142 Å². The molecule has 0 aliphatic carbocycles. The Hall–Kier alpha value is -4.27. The molecule has 1 N–H and O–H groups in total. The molecule has 8 heteroatoms. The van der Waals surface area contributed by atoms with Crippen LogP contribution in [0.3, 0.4) is 0 Å². The average molecular weight is 819 g/mol. The van der Waals surface area contributed by atoms with Crippen molar-refractivity contribution < 1.29 is 38.2 Å². The number of nitrogens with zero attached hydrogens (tertiary/aromatic N) is 1. The third kappa shape index (κ3) is 39.0. The fourth-order valence-electron chi connectivity index (χ4n) is 5.52. The Morgan fingerprint density at radius 3 is 1.36 bits per heavy atom. The average Bonchev–Trinajstić information content (AvgIpc) is 3.19. The normalized spacial score (nSPS) is 14.1. The van der Waals surface area contributed by atoms with E-state index in [2.05, 4.69) is 123 Å². The maximum atomic E-state index is 12.7. The molecule has 2 unspecified atom stereocenters. The lowest BCUT2D eigenvalue weighted by Gasteiger charge is -2.31. The molecule has 0 fully saturated rings. The predicted octanol–water partition coefficient (Wildman–Crippen LogP) is 12.2. The summed E-state index contributed by atoms with van der Waals surface area (Å²) in [6, 6.07) is -0.639. The number of quaternary nitrogens is 1. The maximum absolute atomic E-state index is 12.7. The second-order valence-electron chi connectivity index (χ2n) is 15.2. The molecule has 0 bridgehead atoms. The van der Waals surface area contributed by atoms with Crippen LogP contribution in [0.2, 0.25) is 0 Å². The molecule has 0 rings (SSSR count). The predicted molar refractivity (Wildman–Crippen MR) is 247 cm³/mol. The van der Waals surface area contributed by atoms with Gasteiger partial charge < -0.3 is 23.8 Å². The summed E-state index contributed by atoms with van der Waals surface area (Å²) < 4.78 is 17.1. The third-order valence-electron chi connectivity index (χ3n) is 8.87. The molecule has 8 nitrogen and oxygen atoms in total. The number of carbonyl (C=O) groups excluding carboxylic acids is 2. The Labute approximate surface area is 359 Å². The van der Waals surface area contributed by atoms with Crippen LogP contribution >= 0.6 is 0 Å². The molecule has 0 saturated carbocycles. The minimum Gasteiger partial charge on any atom is -0.477 e. The Bertz CT molecular complexity index is 1370. The first kappa shape index (κ1) is 54.7. The first-order chi connectivity index (χ1) is 28.6. The van der Waals surface area contributed by atoms with Crippen molar-refractivity contribution in [3.8, 4) is 0 Å². The van der Waals surface area contributed by atoms with E-state index in [-0.39, 0.29) is 49.1 Å². The van der Waals surface area contributed by atoms with Crippen LogP contribution in [0.25, 0.3) is 0 Å². The van der Waals surface area contributed by atoms with Gasteiger partial charge in [-0.15, -0.1) is 0 Å². The Kier molecular flexibility index (Phi) is 37.6. The standard InChI is InChI=1S/C51H79NO7/c1-6-8-10-12-14-16-18-20-22-24-25-26-28-29-31-33-35-37-39-41-49(53)58-46-47(45-57-44-43-48(51(55)56)52(3,4)5)59-50(54)42-40-38-36-34-32-30-27-23-21-19-17-15-13-11-9-7-2/h8-11,14-17,20-23,25-26,29-32,35,37,47-48H,6-7,12-13,18-19,24,27-28,33-34,36,38-46H2,1-5H3/p+1/b10-8+,11-9+,16-14+,17-15+,22-20+,23-21+,26-25+,31-29+,32-30+,37-35+. The van der Waals surface area contributed by atoms with Gasteiger partial charge in [-0.05, 0) is 89.9 Å². The summed E-state index contributed by atoms with van der Waals surface area (Å²) >= 11 is 0. The van der Waals surface area contributed by atoms with Gasteiger partial charge in [0.1, 0.15) is 6.61 Å². The second-order valence-corrected chi connectivity index (χ2v) is 15.2. The van der Waals surface area contributed by atoms with Crippen LogP contribution in [-0.2, 0) is 28.6 Å². The summed E-state index contributed by atoms with van der Waals surface area (Å²) in [5.41, 5.74) is 0. The summed E-state index contributed by atoms with van der Waals surface area (Å²) in [7, 11) is 5.48. The van der Waals surface area contributed by atoms with Crippen LogP contribution in [0, 0.1) is 0 Å². The zero-order valence-electron chi connectivity index (χ0n) is 37.4. The lowest BCUT2D eigenvalue weighted by atomic mass is 10.1. The highest BCUT2D eigenvalue weighted by Crippen LogP contribution is 2.11. The molecule has 0 aliphatic rings. The van der Waals surface area contributed by atoms with E-state index in [1.54, 1.807) is 0 Å². The van der Waals surface area contributed by atoms with Gasteiger partial charge in [0.2, 0.25) is 0 Å². The highest BCUT2D eigenvalue weighted by molar-refractivity contribution is 5.72. The van der Waals surface area contributed by atoms with Crippen LogP contribution in [0.5, 0.6) is 0 Å². The van der Waals surface area contributed by atoms with E-state index in [4.69, 9.17) is 14.2 Å². The number of hydrogen-bond donors (Lipinski definition) is 1. The van der Waals surface area contributed by atoms with E-state index in [9.17, 15) is 19.5 Å². The van der Waals surface area contributed by atoms with Crippen molar-refractivity contribution in [3.63, 3.8) is 0 Å². The smallest absolute Gasteiger partial charge is 0.362 e. The van der Waals surface area contributed by atoms with Crippen molar-refractivity contribution in [3.05, 3.63) is 122 Å². The quantitative estimate of drug-likeness (QED) is 0.0288. The molecule has 0 aliphatic heterocycles. The monoisotopic (exact) mass is 819 g/mol. The van der Waals surface area contributed by atoms with Gasteiger partial charge in [-0.25, -0.2) is 4.79 Å². The first-order valence-electron chi connectivity index (χ1n) is 22.1. The van der Waals surface area contributed by atoms with Gasteiger partial charge >= 0.3 is 17.9 Å². The van der Waals surface area contributed by atoms with E-state index in [0.717, 1.165) is 83.5 Å². The molecule has 0 aromatic rings. The first-order valence-corrected chi connectivity index (χ1v) is 22.1. The molecule has 0 amide bonds. The van der Waals surface area contributed by atoms with E-state index in [0.29, 0.717) is 19.3 Å². The number of aliphatic carboxylic acids is 1. The molecule has 59 heavy (non-hydrogen) atoms. The van der Waals surface area contributed by atoms with E-state index in [1.165, 1.54) is 0 Å². The molecule has 0 saturated heterocycles. The molecular formula is C51H80NO7+. The van der Waals surface area contributed by atoms with Gasteiger partial charge in [-0.3, -0.25) is 9.59 Å². The number of esters is 2. The van der Waals surface area contributed by atoms with Crippen molar-refractivity contribution in [2.75, 3.05) is 41.0 Å². The fraction of sp³-hybridized carbons (Fsp3) is 0.549. The number of unbranched alkanes of at least 4 members (excludes halogenated alkanes) is 3. The lowest BCUT2D eigenvalue weighted by Crippen LogP contribution is -2.50. The van der Waals surface area contributed by atoms with Crippen LogP contribution in [0.4, 0.5) is 0 Å². The Morgan fingerprint density at radius 2 is 0.932 bits per heavy atom. The van der Waals surface area contributed by atoms with Crippen LogP contribution in [0.1, 0.15) is 129 Å². The molecule has 0 aromatic heterocycles. The number of carboxylic acids is 1. The molecule has 0 heterocycles. The summed E-state index contributed by atoms with van der Waals surface area (Å²) in [6.07, 6.45) is 56.9. The molecule has 330 valence electrons. The highest BCUT2D eigenvalue weighted by Gasteiger charge is 2.31. The van der Waals surface area contributed by atoms with Gasteiger partial charge in [0.25, 0.3) is 0 Å². The zero-order valence-corrected chi connectivity index (χ0v) is 37.4. The van der Waals surface area contributed by atoms with E-state index in [1.807, 2.05) is 33.3 Å². The van der Waals surface area contributed by atoms with Crippen molar-refractivity contribution in [2.24, 2.45) is 0 Å². The minimum absolute atomic E-state index is 0.0154. The van der Waals surface area contributed by atoms with Crippen molar-refractivity contribution in [1.82, 2.24) is 0 Å². The van der Waals surface area contributed by atoms with Crippen molar-refractivity contribution in [1.29, 1.82) is 0 Å². The summed E-state index contributed by atoms with van der Waals surface area (Å²) in [5, 5.41) is 9.62. The van der Waals surface area contributed by atoms with Gasteiger partial charge in [0, 0.05) is 19.3 Å². The van der Waals surface area contributed by atoms with Crippen molar-refractivity contribution in [2.45, 2.75) is 142 Å². The number of allylic oxidation sites excluding steroid dienone is 20. The molecule has 2 atom stereocenters. The summed E-state index contributed by atoms with van der Waals surface area (Å²) in [6.45, 7) is 4.36. The maximum Gasteiger partial charge on any atom is 0.362 e. The number of ether oxygens (including phenoxy) is 3. The number of carboxylic acid groups (broad SMARTS) is 1. The topological polar surface area (TPSA) is 99.1 Å². The lowest BCUT2D eigenvalue weighted by molar-refractivity contribution is -0.887. The van der Waals surface area contributed by atoms with Gasteiger partial charge in [0.15, 0.2) is 12.1 Å². The Balaban J connectivity index is 4.55. The molecular weight excluding hydrogens is 739 g/mol. The minimum atomic E-state index is -0.896. The van der Waals surface area contributed by atoms with E-state index >= 15 is 0 Å². The Morgan fingerprint density at radius 1 is 0.508 bits per heavy atom. The van der Waals surface area contributed by atoms with Crippen LogP contribution in [0.15, 0.2) is 122 Å². The van der Waals surface area contributed by atoms with Crippen molar-refractivity contribution >= 4 is 17.9 Å². The molecule has 0 aromatic carbocycles. The number of rotatable bonds is 37. The van der Waals surface area contributed by atoms with Crippen LogP contribution < -0.4 is 0 Å². The highest BCUT2D eigenvalue weighted by atomic mass is 16.6. The largest absolute Gasteiger partial charge is 0.477 e. The van der Waals surface area contributed by atoms with Crippen LogP contribution in [-0.4, -0.2) is 80.6 Å². The number of hydrogen-bond acceptors (Lipinski definition) is 6. The number of likely N-dealkylation sites (N-methyl/N-ethyl adjacent to an activating group) is 1. The zero-order chi connectivity index (χ0) is 43.5. The molecule has 0 radical (unpaired) electrons. The fourth-order valence-corrected chi connectivity index (χ4v) is 5.52. The molecule has 0 spiro atoms. The number of carbonyl (C=O) groups is 3. The summed E-state index contributed by atoms with van der Waals surface area (Å²) in [5.74, 6) is -1.64. The SMILES string of the molecule is CC/C=C/C/C=C/C/C=C/C/C=C/C/C=C/C/C=C/CCC(=O)OCC(COCCC(C(=O)O)[N+](C)(C)C)OC(=O)CCCCC/C=C/C/C=C/C/C=C/C/C=C/CC. The van der Waals surface area contributed by atoms with Gasteiger partial charge in [-0.2, -0.15) is 0 Å². The second kappa shape index (κ2) is 40.5. The third-order valence-corrected chi connectivity index (χ3v) is 8.87. The van der Waals surface area contributed by atoms with Gasteiger partial charge in [0.05, 0.1) is 34.4 Å². The summed E-state index contributed by atoms with van der Waals surface area (Å²) in [4.78, 5) is 37.0. The van der Waals surface area contributed by atoms with E-state index < -0.39 is 18.1 Å².